The van der Waals surface area contributed by atoms with Gasteiger partial charge in [0.25, 0.3) is 0 Å². The lowest BCUT2D eigenvalue weighted by Crippen LogP contribution is -2.42. The Morgan fingerprint density at radius 3 is 3.06 bits per heavy atom. The molecule has 88 valence electrons. The molecule has 16 heavy (non-hydrogen) atoms. The van der Waals surface area contributed by atoms with Crippen LogP contribution in [-0.4, -0.2) is 29.4 Å². The third-order valence-electron chi connectivity index (χ3n) is 3.24. The van der Waals surface area contributed by atoms with Crippen molar-refractivity contribution in [3.8, 4) is 0 Å². The Labute approximate surface area is 94.0 Å². The van der Waals surface area contributed by atoms with Crippen molar-refractivity contribution in [3.63, 3.8) is 0 Å². The average molecular weight is 224 g/mol. The molecule has 1 aliphatic carbocycles. The van der Waals surface area contributed by atoms with Gasteiger partial charge in [0.05, 0.1) is 18.6 Å². The number of hydrogen-bond donors (Lipinski definition) is 2. The monoisotopic (exact) mass is 224 g/mol. The molecule has 1 aromatic heterocycles. The SMILES string of the molecule is CNC(=O)N(O)C(C)C1CC1c1ccoc1. The Kier molecular flexibility index (Phi) is 2.87. The smallest absolute Gasteiger partial charge is 0.341 e. The molecule has 1 aliphatic rings. The molecule has 0 saturated heterocycles. The highest BCUT2D eigenvalue weighted by atomic mass is 16.5. The van der Waals surface area contributed by atoms with E-state index in [0.717, 1.165) is 17.0 Å². The molecule has 1 saturated carbocycles. The highest BCUT2D eigenvalue weighted by Crippen LogP contribution is 2.50. The summed E-state index contributed by atoms with van der Waals surface area (Å²) in [6, 6.07) is 1.28. The second-order valence-electron chi connectivity index (χ2n) is 4.20. The van der Waals surface area contributed by atoms with Crippen LogP contribution in [0.2, 0.25) is 0 Å². The summed E-state index contributed by atoms with van der Waals surface area (Å²) >= 11 is 0. The topological polar surface area (TPSA) is 65.7 Å². The van der Waals surface area contributed by atoms with Crippen molar-refractivity contribution >= 4 is 6.03 Å². The van der Waals surface area contributed by atoms with E-state index in [1.807, 2.05) is 13.0 Å². The highest BCUT2D eigenvalue weighted by Gasteiger charge is 2.45. The van der Waals surface area contributed by atoms with Gasteiger partial charge in [0.1, 0.15) is 0 Å². The molecule has 2 rings (SSSR count). The van der Waals surface area contributed by atoms with Gasteiger partial charge in [-0.3, -0.25) is 5.21 Å². The molecule has 0 spiro atoms. The van der Waals surface area contributed by atoms with Crippen LogP contribution in [0.5, 0.6) is 0 Å². The molecular formula is C11H16N2O3. The lowest BCUT2D eigenvalue weighted by molar-refractivity contribution is -0.0787. The van der Waals surface area contributed by atoms with Gasteiger partial charge < -0.3 is 9.73 Å². The van der Waals surface area contributed by atoms with Crippen molar-refractivity contribution in [2.24, 2.45) is 5.92 Å². The standard InChI is InChI=1S/C11H16N2O3/c1-7(13(15)11(14)12-2)9-5-10(9)8-3-4-16-6-8/h3-4,6-7,9-10,15H,5H2,1-2H3,(H,12,14). The minimum atomic E-state index is -0.467. The largest absolute Gasteiger partial charge is 0.472 e. The van der Waals surface area contributed by atoms with Crippen molar-refractivity contribution in [2.75, 3.05) is 7.05 Å². The Hall–Kier alpha value is -1.49. The number of nitrogens with zero attached hydrogens (tertiary/aromatic N) is 1. The second kappa shape index (κ2) is 4.17. The van der Waals surface area contributed by atoms with E-state index in [4.69, 9.17) is 4.42 Å². The number of hydrogen-bond acceptors (Lipinski definition) is 3. The van der Waals surface area contributed by atoms with Crippen LogP contribution in [0.15, 0.2) is 23.0 Å². The predicted octanol–water partition coefficient (Wildman–Crippen LogP) is 1.80. The van der Waals surface area contributed by atoms with Gasteiger partial charge in [0, 0.05) is 7.05 Å². The van der Waals surface area contributed by atoms with Crippen molar-refractivity contribution in [1.29, 1.82) is 0 Å². The molecule has 5 heteroatoms. The molecular weight excluding hydrogens is 208 g/mol. The van der Waals surface area contributed by atoms with E-state index >= 15 is 0 Å². The van der Waals surface area contributed by atoms with Crippen LogP contribution in [0.4, 0.5) is 4.79 Å². The van der Waals surface area contributed by atoms with Crippen LogP contribution in [0.25, 0.3) is 0 Å². The molecule has 2 N–H and O–H groups in total. The zero-order valence-electron chi connectivity index (χ0n) is 9.38. The lowest BCUT2D eigenvalue weighted by Gasteiger charge is -2.22. The van der Waals surface area contributed by atoms with E-state index < -0.39 is 6.03 Å². The minimum Gasteiger partial charge on any atom is -0.472 e. The zero-order chi connectivity index (χ0) is 11.7. The molecule has 3 atom stereocenters. The summed E-state index contributed by atoms with van der Waals surface area (Å²) in [5.74, 6) is 0.702. The Morgan fingerprint density at radius 1 is 1.75 bits per heavy atom. The van der Waals surface area contributed by atoms with Crippen LogP contribution in [0.3, 0.4) is 0 Å². The Morgan fingerprint density at radius 2 is 2.50 bits per heavy atom. The molecule has 0 bridgehead atoms. The molecule has 2 amide bonds. The quantitative estimate of drug-likeness (QED) is 0.607. The second-order valence-corrected chi connectivity index (χ2v) is 4.20. The van der Waals surface area contributed by atoms with Crippen molar-refractivity contribution in [1.82, 2.24) is 10.4 Å². The van der Waals surface area contributed by atoms with Crippen LogP contribution >= 0.6 is 0 Å². The summed E-state index contributed by atoms with van der Waals surface area (Å²) < 4.78 is 5.02. The molecule has 0 radical (unpaired) electrons. The van der Waals surface area contributed by atoms with Crippen molar-refractivity contribution in [3.05, 3.63) is 24.2 Å². The van der Waals surface area contributed by atoms with Gasteiger partial charge in [0.2, 0.25) is 0 Å². The normalized spacial score (nSPS) is 24.9. The van der Waals surface area contributed by atoms with E-state index in [9.17, 15) is 10.0 Å². The molecule has 1 heterocycles. The van der Waals surface area contributed by atoms with E-state index in [1.54, 1.807) is 12.5 Å². The summed E-state index contributed by atoms with van der Waals surface area (Å²) in [5, 5.41) is 12.8. The first-order valence-electron chi connectivity index (χ1n) is 5.37. The van der Waals surface area contributed by atoms with Crippen molar-refractivity contribution < 1.29 is 14.4 Å². The fraction of sp³-hybridized carbons (Fsp3) is 0.545. The summed E-state index contributed by atoms with van der Waals surface area (Å²) in [6.07, 6.45) is 4.35. The number of nitrogens with one attached hydrogen (secondary N) is 1. The third kappa shape index (κ3) is 1.90. The number of carbonyl (C=O) groups excluding carboxylic acids is 1. The Balaban J connectivity index is 1.94. The predicted molar refractivity (Wildman–Crippen MR) is 57.1 cm³/mol. The van der Waals surface area contributed by atoms with Crippen molar-refractivity contribution in [2.45, 2.75) is 25.3 Å². The fourth-order valence-corrected chi connectivity index (χ4v) is 2.10. The summed E-state index contributed by atoms with van der Waals surface area (Å²) in [5.41, 5.74) is 1.14. The first-order chi connectivity index (χ1) is 7.65. The molecule has 1 fully saturated rings. The number of urea groups is 1. The van der Waals surface area contributed by atoms with Gasteiger partial charge >= 0.3 is 6.03 Å². The minimum absolute atomic E-state index is 0.181. The third-order valence-corrected chi connectivity index (χ3v) is 3.24. The summed E-state index contributed by atoms with van der Waals surface area (Å²) in [7, 11) is 1.50. The van der Waals surface area contributed by atoms with E-state index in [1.165, 1.54) is 7.05 Å². The number of amides is 2. The van der Waals surface area contributed by atoms with Crippen LogP contribution in [0, 0.1) is 5.92 Å². The number of rotatable bonds is 3. The maximum atomic E-state index is 11.2. The summed E-state index contributed by atoms with van der Waals surface area (Å²) in [6.45, 7) is 1.85. The van der Waals surface area contributed by atoms with Crippen LogP contribution < -0.4 is 5.32 Å². The van der Waals surface area contributed by atoms with Gasteiger partial charge in [-0.15, -0.1) is 0 Å². The molecule has 5 nitrogen and oxygen atoms in total. The van der Waals surface area contributed by atoms with Gasteiger partial charge in [0.15, 0.2) is 0 Å². The number of hydroxylamine groups is 2. The maximum absolute atomic E-state index is 11.2. The molecule has 0 aromatic carbocycles. The number of furan rings is 1. The van der Waals surface area contributed by atoms with Crippen LogP contribution in [0.1, 0.15) is 24.8 Å². The Bertz CT molecular complexity index is 363. The fourth-order valence-electron chi connectivity index (χ4n) is 2.10. The van der Waals surface area contributed by atoms with Crippen LogP contribution in [-0.2, 0) is 0 Å². The highest BCUT2D eigenvalue weighted by molar-refractivity contribution is 5.72. The molecule has 1 aromatic rings. The van der Waals surface area contributed by atoms with E-state index in [0.29, 0.717) is 11.8 Å². The van der Waals surface area contributed by atoms with E-state index in [2.05, 4.69) is 5.32 Å². The van der Waals surface area contributed by atoms with Gasteiger partial charge in [-0.1, -0.05) is 0 Å². The first kappa shape index (κ1) is 11.0. The van der Waals surface area contributed by atoms with E-state index in [-0.39, 0.29) is 6.04 Å². The average Bonchev–Trinajstić information content (AvgIpc) is 2.92. The first-order valence-corrected chi connectivity index (χ1v) is 5.37. The molecule has 3 unspecified atom stereocenters. The zero-order valence-corrected chi connectivity index (χ0v) is 9.38. The maximum Gasteiger partial charge on any atom is 0.341 e. The van der Waals surface area contributed by atoms with Gasteiger partial charge in [-0.05, 0) is 36.8 Å². The van der Waals surface area contributed by atoms with Gasteiger partial charge in [-0.2, -0.15) is 0 Å². The van der Waals surface area contributed by atoms with Gasteiger partial charge in [-0.25, -0.2) is 9.86 Å². The number of carbonyl (C=O) groups is 1. The summed E-state index contributed by atoms with van der Waals surface area (Å²) in [4.78, 5) is 11.2. The lowest BCUT2D eigenvalue weighted by atomic mass is 10.1. The molecule has 0 aliphatic heterocycles.